The molecule has 0 aromatic rings. The Morgan fingerprint density at radius 2 is 0.909 bits per heavy atom. The maximum Gasteiger partial charge on any atom is 0.150 e. The van der Waals surface area contributed by atoms with E-state index in [0.29, 0.717) is 0 Å². The largest absolute Gasteiger partial charge is 0.394 e. The molecule has 0 saturated carbocycles. The van der Waals surface area contributed by atoms with Crippen molar-refractivity contribution in [3.8, 4) is 0 Å². The molecule has 0 radical (unpaired) electrons. The molecule has 0 aromatic heterocycles. The summed E-state index contributed by atoms with van der Waals surface area (Å²) in [5.41, 5.74) is -2.95. The van der Waals surface area contributed by atoms with E-state index in [0.717, 1.165) is 0 Å². The van der Waals surface area contributed by atoms with Gasteiger partial charge in [0, 0.05) is 0 Å². The van der Waals surface area contributed by atoms with Crippen LogP contribution in [0.4, 0.5) is 0 Å². The van der Waals surface area contributed by atoms with E-state index < -0.39 is 111 Å². The Bertz CT molecular complexity index is 650. The summed E-state index contributed by atoms with van der Waals surface area (Å²) in [6.07, 6.45) is -26.5. The number of ether oxygens (including phenoxy) is 3. The molecule has 3 aliphatic heterocycles. The van der Waals surface area contributed by atoms with Gasteiger partial charge in [0.25, 0.3) is 0 Å². The highest BCUT2D eigenvalue weighted by Gasteiger charge is 2.67. The first-order valence-corrected chi connectivity index (χ1v) is 10.4. The number of aliphatic hydroxyl groups excluding tert-OH is 11. The van der Waals surface area contributed by atoms with E-state index in [4.69, 9.17) is 14.2 Å². The van der Waals surface area contributed by atoms with Gasteiger partial charge >= 0.3 is 0 Å². The van der Waals surface area contributed by atoms with E-state index >= 15 is 0 Å². The topological polar surface area (TPSA) is 270 Å². The van der Waals surface area contributed by atoms with Crippen molar-refractivity contribution in [1.82, 2.24) is 0 Å². The van der Waals surface area contributed by atoms with Crippen LogP contribution in [0.1, 0.15) is 0 Å². The molecular formula is C18H32O15. The molecule has 33 heavy (non-hydrogen) atoms. The van der Waals surface area contributed by atoms with Crippen LogP contribution in [-0.4, -0.2) is 172 Å². The lowest BCUT2D eigenvalue weighted by atomic mass is 9.71. The highest BCUT2D eigenvalue weighted by molar-refractivity contribution is 5.16. The van der Waals surface area contributed by atoms with E-state index in [9.17, 15) is 61.3 Å². The molecule has 12 N–H and O–H groups in total. The molecule has 0 amide bonds. The summed E-state index contributed by atoms with van der Waals surface area (Å²) in [6.45, 7) is -2.63. The predicted octanol–water partition coefficient (Wildman–Crippen LogP) is -8.12. The van der Waals surface area contributed by atoms with Crippen molar-refractivity contribution < 1.29 is 75.5 Å². The van der Waals surface area contributed by atoms with Gasteiger partial charge in [0.1, 0.15) is 85.5 Å². The van der Waals surface area contributed by atoms with Gasteiger partial charge in [0.2, 0.25) is 0 Å². The summed E-state index contributed by atoms with van der Waals surface area (Å²) in [5, 5.41) is 123. The first-order chi connectivity index (χ1) is 15.4. The fraction of sp³-hybridized carbons (Fsp3) is 1.00. The SMILES string of the molecule is OC[C@H]1OC(C2O[C@H](CO)[C@@H](O)[C@H](O)[C@@]2(O)C2O[C@H](CO)[C@@H](O)[C@@H](O)[C@H]2O)[C@H](O)[C@@H](O)[C@H]1O. The Kier molecular flexibility index (Phi) is 8.32. The number of hydrogen-bond acceptors (Lipinski definition) is 15. The van der Waals surface area contributed by atoms with E-state index in [-0.39, 0.29) is 0 Å². The third kappa shape index (κ3) is 4.31. The lowest BCUT2D eigenvalue weighted by molar-refractivity contribution is -0.370. The van der Waals surface area contributed by atoms with Gasteiger partial charge < -0.3 is 75.5 Å². The Hall–Kier alpha value is -0.600. The standard InChI is InChI=1S/C18H32O15/c19-1-4-7(22)10(25)12(27)14(31-4)17-18(30,15(29)9(24)6(3-21)33-17)16-13(28)11(26)8(23)5(2-20)32-16/h4-17,19-30H,1-3H2/t4-,5-,6-,7+,8-,9-,10+,11-,12-,13-,14?,15+,16?,17?,18-/m1/s1. The maximum absolute atomic E-state index is 11.6. The van der Waals surface area contributed by atoms with Crippen molar-refractivity contribution in [3.05, 3.63) is 0 Å². The molecule has 3 saturated heterocycles. The van der Waals surface area contributed by atoms with Gasteiger partial charge in [-0.1, -0.05) is 0 Å². The number of rotatable bonds is 5. The quantitative estimate of drug-likeness (QED) is 0.171. The zero-order chi connectivity index (χ0) is 24.8. The Balaban J connectivity index is 2.07. The summed E-state index contributed by atoms with van der Waals surface area (Å²) in [6, 6.07) is 0. The second kappa shape index (κ2) is 10.2. The van der Waals surface area contributed by atoms with Crippen molar-refractivity contribution >= 4 is 0 Å². The lowest BCUT2D eigenvalue weighted by Gasteiger charge is -2.57. The van der Waals surface area contributed by atoms with E-state index in [1.807, 2.05) is 0 Å². The van der Waals surface area contributed by atoms with Crippen LogP contribution in [0, 0.1) is 0 Å². The normalized spacial score (nSPS) is 56.0. The highest BCUT2D eigenvalue weighted by Crippen LogP contribution is 2.42. The summed E-state index contributed by atoms with van der Waals surface area (Å²) in [7, 11) is 0. The monoisotopic (exact) mass is 488 g/mol. The zero-order valence-electron chi connectivity index (χ0n) is 17.3. The molecular weight excluding hydrogens is 456 g/mol. The van der Waals surface area contributed by atoms with Gasteiger partial charge in [-0.3, -0.25) is 0 Å². The first-order valence-electron chi connectivity index (χ1n) is 10.4. The van der Waals surface area contributed by atoms with Crippen molar-refractivity contribution in [2.24, 2.45) is 0 Å². The summed E-state index contributed by atoms with van der Waals surface area (Å²) >= 11 is 0. The molecule has 3 rings (SSSR count). The zero-order valence-corrected chi connectivity index (χ0v) is 17.3. The van der Waals surface area contributed by atoms with Crippen LogP contribution in [0.2, 0.25) is 0 Å². The third-order valence-electron chi connectivity index (χ3n) is 6.71. The van der Waals surface area contributed by atoms with Crippen LogP contribution in [0.5, 0.6) is 0 Å². The molecule has 3 heterocycles. The smallest absolute Gasteiger partial charge is 0.150 e. The average Bonchev–Trinajstić information content (AvgIpc) is 2.80. The molecule has 3 fully saturated rings. The lowest BCUT2D eigenvalue weighted by Crippen LogP contribution is -2.80. The van der Waals surface area contributed by atoms with Crippen LogP contribution in [0.15, 0.2) is 0 Å². The van der Waals surface area contributed by atoms with E-state index in [2.05, 4.69) is 0 Å². The van der Waals surface area contributed by atoms with Gasteiger partial charge in [-0.15, -0.1) is 0 Å². The fourth-order valence-electron chi connectivity index (χ4n) is 4.71. The third-order valence-corrected chi connectivity index (χ3v) is 6.71. The van der Waals surface area contributed by atoms with Crippen LogP contribution < -0.4 is 0 Å². The molecule has 15 heteroatoms. The molecule has 194 valence electrons. The van der Waals surface area contributed by atoms with Crippen LogP contribution in [0.25, 0.3) is 0 Å². The van der Waals surface area contributed by atoms with Gasteiger partial charge in [0.05, 0.1) is 19.8 Å². The summed E-state index contributed by atoms with van der Waals surface area (Å²) < 4.78 is 16.2. The van der Waals surface area contributed by atoms with Crippen molar-refractivity contribution in [1.29, 1.82) is 0 Å². The Labute approximate surface area is 187 Å². The van der Waals surface area contributed by atoms with Gasteiger partial charge in [0.15, 0.2) is 5.60 Å². The summed E-state index contributed by atoms with van der Waals surface area (Å²) in [5.74, 6) is 0. The maximum atomic E-state index is 11.6. The average molecular weight is 488 g/mol. The Morgan fingerprint density at radius 1 is 0.485 bits per heavy atom. The van der Waals surface area contributed by atoms with Crippen LogP contribution >= 0.6 is 0 Å². The predicted molar refractivity (Wildman–Crippen MR) is 100 cm³/mol. The molecule has 0 bridgehead atoms. The van der Waals surface area contributed by atoms with Crippen molar-refractivity contribution in [2.45, 2.75) is 91.1 Å². The first kappa shape index (κ1) is 27.0. The minimum atomic E-state index is -2.95. The van der Waals surface area contributed by atoms with Gasteiger partial charge in [-0.05, 0) is 0 Å². The molecule has 15 atom stereocenters. The second-order valence-corrected chi connectivity index (χ2v) is 8.64. The highest BCUT2D eigenvalue weighted by atomic mass is 16.6. The molecule has 15 nitrogen and oxygen atoms in total. The molecule has 3 unspecified atom stereocenters. The van der Waals surface area contributed by atoms with Crippen LogP contribution in [0.3, 0.4) is 0 Å². The minimum Gasteiger partial charge on any atom is -0.394 e. The summed E-state index contributed by atoms with van der Waals surface area (Å²) in [4.78, 5) is 0. The molecule has 0 spiro atoms. The number of aliphatic hydroxyl groups is 12. The number of hydrogen-bond donors (Lipinski definition) is 12. The molecule has 0 aromatic carbocycles. The minimum absolute atomic E-state index is 0.846. The molecule has 0 aliphatic carbocycles. The van der Waals surface area contributed by atoms with Crippen LogP contribution in [-0.2, 0) is 14.2 Å². The fourth-order valence-corrected chi connectivity index (χ4v) is 4.71. The van der Waals surface area contributed by atoms with Crippen molar-refractivity contribution in [2.75, 3.05) is 19.8 Å². The van der Waals surface area contributed by atoms with Crippen molar-refractivity contribution in [3.63, 3.8) is 0 Å². The van der Waals surface area contributed by atoms with E-state index in [1.54, 1.807) is 0 Å². The van der Waals surface area contributed by atoms with Gasteiger partial charge in [-0.2, -0.15) is 0 Å². The van der Waals surface area contributed by atoms with E-state index in [1.165, 1.54) is 0 Å². The molecule has 3 aliphatic rings. The Morgan fingerprint density at radius 3 is 1.42 bits per heavy atom. The second-order valence-electron chi connectivity index (χ2n) is 8.64. The van der Waals surface area contributed by atoms with Gasteiger partial charge in [-0.25, -0.2) is 0 Å².